The van der Waals surface area contributed by atoms with Crippen molar-refractivity contribution in [3.8, 4) is 22.4 Å². The Kier molecular flexibility index (Phi) is 3.95. The molecule has 0 saturated heterocycles. The van der Waals surface area contributed by atoms with Crippen molar-refractivity contribution in [2.75, 3.05) is 0 Å². The lowest BCUT2D eigenvalue weighted by atomic mass is 10.0. The topological polar surface area (TPSA) is 12.9 Å². The zero-order chi connectivity index (χ0) is 15.6. The average molecular weight is 303 g/mol. The Bertz CT molecular complexity index is 756. The molecule has 110 valence electrons. The van der Waals surface area contributed by atoms with Gasteiger partial charge < -0.3 is 0 Å². The van der Waals surface area contributed by atoms with Gasteiger partial charge in [-0.2, -0.15) is 0 Å². The summed E-state index contributed by atoms with van der Waals surface area (Å²) in [5.74, 6) is 0. The van der Waals surface area contributed by atoms with Crippen molar-refractivity contribution in [3.05, 3.63) is 72.9 Å². The Morgan fingerprint density at radius 1 is 0.682 bits per heavy atom. The molecule has 22 heavy (non-hydrogen) atoms. The minimum absolute atomic E-state index is 1.07. The minimum atomic E-state index is -1.30. The summed E-state index contributed by atoms with van der Waals surface area (Å²) in [6.07, 6.45) is 1.94. The molecule has 1 heterocycles. The third-order valence-corrected chi connectivity index (χ3v) is 5.96. The molecule has 0 saturated carbocycles. The van der Waals surface area contributed by atoms with Gasteiger partial charge in [-0.25, -0.2) is 0 Å². The Hall–Kier alpha value is -2.19. The predicted molar refractivity (Wildman–Crippen MR) is 98.1 cm³/mol. The maximum atomic E-state index is 4.55. The third-order valence-electron chi connectivity index (χ3n) is 3.91. The number of hydrogen-bond donors (Lipinski definition) is 0. The molecule has 3 rings (SSSR count). The van der Waals surface area contributed by atoms with Gasteiger partial charge in [-0.05, 0) is 23.3 Å². The molecule has 0 radical (unpaired) electrons. The van der Waals surface area contributed by atoms with E-state index in [-0.39, 0.29) is 0 Å². The van der Waals surface area contributed by atoms with Gasteiger partial charge in [-0.1, -0.05) is 79.4 Å². The van der Waals surface area contributed by atoms with Crippen molar-refractivity contribution >= 4 is 13.3 Å². The second-order valence-corrected chi connectivity index (χ2v) is 11.7. The summed E-state index contributed by atoms with van der Waals surface area (Å²) in [4.78, 5) is 4.55. The van der Waals surface area contributed by atoms with E-state index in [2.05, 4.69) is 85.3 Å². The minimum Gasteiger partial charge on any atom is -0.256 e. The first-order valence-electron chi connectivity index (χ1n) is 7.66. The van der Waals surface area contributed by atoms with Crippen LogP contribution in [0.25, 0.3) is 22.4 Å². The molecule has 0 N–H and O–H groups in total. The molecule has 0 aliphatic rings. The van der Waals surface area contributed by atoms with Gasteiger partial charge in [0.1, 0.15) is 0 Å². The van der Waals surface area contributed by atoms with Gasteiger partial charge in [0.25, 0.3) is 0 Å². The van der Waals surface area contributed by atoms with E-state index in [4.69, 9.17) is 0 Å². The van der Waals surface area contributed by atoms with Crippen LogP contribution in [-0.2, 0) is 0 Å². The van der Waals surface area contributed by atoms with E-state index in [1.54, 1.807) is 0 Å². The van der Waals surface area contributed by atoms with Crippen molar-refractivity contribution in [3.63, 3.8) is 0 Å². The smallest absolute Gasteiger partial charge is 0.0777 e. The van der Waals surface area contributed by atoms with Gasteiger partial charge in [0, 0.05) is 11.8 Å². The van der Waals surface area contributed by atoms with Gasteiger partial charge >= 0.3 is 0 Å². The van der Waals surface area contributed by atoms with Gasteiger partial charge in [-0.15, -0.1) is 0 Å². The molecule has 0 aliphatic heterocycles. The van der Waals surface area contributed by atoms with Crippen LogP contribution in [0.1, 0.15) is 0 Å². The number of pyridine rings is 1. The lowest BCUT2D eigenvalue weighted by Crippen LogP contribution is -2.37. The maximum Gasteiger partial charge on any atom is 0.0777 e. The molecule has 0 bridgehead atoms. The summed E-state index contributed by atoms with van der Waals surface area (Å²) in [6.45, 7) is 7.10. The fraction of sp³-hybridized carbons (Fsp3) is 0.150. The first-order chi connectivity index (χ1) is 10.5. The number of rotatable bonds is 3. The maximum absolute atomic E-state index is 4.55. The molecular weight excluding hydrogens is 282 g/mol. The monoisotopic (exact) mass is 303 g/mol. The summed E-state index contributed by atoms with van der Waals surface area (Å²) >= 11 is 0. The standard InChI is InChI=1S/C20H21NSi/c1-22(2,3)19-13-14-21-20(15-19)18-11-9-17(10-12-18)16-7-5-4-6-8-16/h4-15H,1-3H3. The SMILES string of the molecule is C[Si](C)(C)c1ccnc(-c2ccc(-c3ccccc3)cc2)c1. The highest BCUT2D eigenvalue weighted by Gasteiger charge is 2.16. The van der Waals surface area contributed by atoms with Crippen LogP contribution in [0.15, 0.2) is 72.9 Å². The molecule has 2 heteroatoms. The van der Waals surface area contributed by atoms with E-state index < -0.39 is 8.07 Å². The van der Waals surface area contributed by atoms with Crippen LogP contribution in [-0.4, -0.2) is 13.1 Å². The van der Waals surface area contributed by atoms with Crippen LogP contribution >= 0.6 is 0 Å². The largest absolute Gasteiger partial charge is 0.256 e. The third kappa shape index (κ3) is 3.17. The molecule has 3 aromatic rings. The lowest BCUT2D eigenvalue weighted by molar-refractivity contribution is 1.33. The molecular formula is C20H21NSi. The Morgan fingerprint density at radius 3 is 1.91 bits per heavy atom. The van der Waals surface area contributed by atoms with E-state index in [0.717, 1.165) is 5.69 Å². The van der Waals surface area contributed by atoms with E-state index in [0.29, 0.717) is 0 Å². The van der Waals surface area contributed by atoms with Crippen LogP contribution < -0.4 is 5.19 Å². The lowest BCUT2D eigenvalue weighted by Gasteiger charge is -2.17. The fourth-order valence-electron chi connectivity index (χ4n) is 2.52. The van der Waals surface area contributed by atoms with E-state index in [9.17, 15) is 0 Å². The van der Waals surface area contributed by atoms with Crippen LogP contribution in [0.4, 0.5) is 0 Å². The number of nitrogens with zero attached hydrogens (tertiary/aromatic N) is 1. The number of benzene rings is 2. The zero-order valence-electron chi connectivity index (χ0n) is 13.4. The highest BCUT2D eigenvalue weighted by Crippen LogP contribution is 2.23. The van der Waals surface area contributed by atoms with E-state index in [1.807, 2.05) is 12.3 Å². The van der Waals surface area contributed by atoms with Crippen molar-refractivity contribution in [2.45, 2.75) is 19.6 Å². The van der Waals surface area contributed by atoms with Crippen LogP contribution in [0.3, 0.4) is 0 Å². The van der Waals surface area contributed by atoms with E-state index >= 15 is 0 Å². The van der Waals surface area contributed by atoms with Crippen molar-refractivity contribution in [2.24, 2.45) is 0 Å². The van der Waals surface area contributed by atoms with E-state index in [1.165, 1.54) is 21.9 Å². The first kappa shape index (κ1) is 14.7. The Morgan fingerprint density at radius 2 is 1.27 bits per heavy atom. The second kappa shape index (κ2) is 5.89. The molecule has 0 spiro atoms. The molecule has 0 unspecified atom stereocenters. The van der Waals surface area contributed by atoms with Gasteiger partial charge in [-0.3, -0.25) is 4.98 Å². The molecule has 0 fully saturated rings. The summed E-state index contributed by atoms with van der Waals surface area (Å²) in [7, 11) is -1.30. The van der Waals surface area contributed by atoms with Gasteiger partial charge in [0.05, 0.1) is 13.8 Å². The van der Waals surface area contributed by atoms with Crippen LogP contribution in [0, 0.1) is 0 Å². The van der Waals surface area contributed by atoms with Gasteiger partial charge in [0.15, 0.2) is 0 Å². The van der Waals surface area contributed by atoms with Gasteiger partial charge in [0.2, 0.25) is 0 Å². The quantitative estimate of drug-likeness (QED) is 0.623. The van der Waals surface area contributed by atoms with Crippen molar-refractivity contribution < 1.29 is 0 Å². The van der Waals surface area contributed by atoms with Crippen LogP contribution in [0.2, 0.25) is 19.6 Å². The summed E-state index contributed by atoms with van der Waals surface area (Å²) < 4.78 is 0. The second-order valence-electron chi connectivity index (χ2n) is 6.62. The number of hydrogen-bond acceptors (Lipinski definition) is 1. The summed E-state index contributed by atoms with van der Waals surface area (Å²) in [5, 5.41) is 1.45. The van der Waals surface area contributed by atoms with Crippen LogP contribution in [0.5, 0.6) is 0 Å². The molecule has 0 aliphatic carbocycles. The highest BCUT2D eigenvalue weighted by atomic mass is 28.3. The molecule has 0 atom stereocenters. The normalized spacial score (nSPS) is 11.4. The molecule has 2 aromatic carbocycles. The fourth-order valence-corrected chi connectivity index (χ4v) is 3.66. The highest BCUT2D eigenvalue weighted by molar-refractivity contribution is 6.88. The Balaban J connectivity index is 1.94. The first-order valence-corrected chi connectivity index (χ1v) is 11.2. The van der Waals surface area contributed by atoms with Crippen molar-refractivity contribution in [1.29, 1.82) is 0 Å². The average Bonchev–Trinajstić information content (AvgIpc) is 2.55. The molecule has 0 amide bonds. The molecule has 1 nitrogen and oxygen atoms in total. The summed E-state index contributed by atoms with van der Waals surface area (Å²) in [5.41, 5.74) is 4.74. The zero-order valence-corrected chi connectivity index (χ0v) is 14.4. The predicted octanol–water partition coefficient (Wildman–Crippen LogP) is 4.96. The summed E-state index contributed by atoms with van der Waals surface area (Å²) in [6, 6.07) is 23.6. The molecule has 1 aromatic heterocycles. The number of aromatic nitrogens is 1. The Labute approximate surface area is 133 Å². The van der Waals surface area contributed by atoms with Crippen molar-refractivity contribution in [1.82, 2.24) is 4.98 Å².